The zero-order valence-corrected chi connectivity index (χ0v) is 8.53. The maximum absolute atomic E-state index is 2.35. The Bertz CT molecular complexity index is 61.9. The Labute approximate surface area is 72.2 Å². The lowest BCUT2D eigenvalue weighted by Gasteiger charge is -2.06. The van der Waals surface area contributed by atoms with Gasteiger partial charge in [0, 0.05) is 0 Å². The van der Waals surface area contributed by atoms with Gasteiger partial charge in [-0.1, -0.05) is 59.3 Å². The zero-order valence-electron chi connectivity index (χ0n) is 8.53. The van der Waals surface area contributed by atoms with Crippen LogP contribution in [0.3, 0.4) is 0 Å². The Kier molecular flexibility index (Phi) is 12.3. The molecule has 0 saturated heterocycles. The molecule has 0 aliphatic rings. The van der Waals surface area contributed by atoms with Crippen molar-refractivity contribution in [2.75, 3.05) is 0 Å². The Hall–Kier alpha value is -0.0400. The van der Waals surface area contributed by atoms with Crippen LogP contribution in [0.1, 0.15) is 59.3 Å². The molecule has 0 aromatic rings. The van der Waals surface area contributed by atoms with Gasteiger partial charge in [0.1, 0.15) is 0 Å². The summed E-state index contributed by atoms with van der Waals surface area (Å²) in [6, 6.07) is 0. The first-order valence-corrected chi connectivity index (χ1v) is 4.81. The van der Waals surface area contributed by atoms with Gasteiger partial charge in [-0.3, -0.25) is 0 Å². The van der Waals surface area contributed by atoms with Gasteiger partial charge in [0.2, 0.25) is 0 Å². The van der Waals surface area contributed by atoms with E-state index in [9.17, 15) is 0 Å². The molecular formula is C10H25N. The molecule has 0 saturated carbocycles. The Morgan fingerprint density at radius 2 is 1.64 bits per heavy atom. The van der Waals surface area contributed by atoms with Gasteiger partial charge in [-0.05, 0) is 5.92 Å². The van der Waals surface area contributed by atoms with Crippen LogP contribution in [0.25, 0.3) is 0 Å². The van der Waals surface area contributed by atoms with E-state index in [1.54, 1.807) is 0 Å². The topological polar surface area (TPSA) is 35.0 Å². The third-order valence-corrected chi connectivity index (χ3v) is 2.25. The molecule has 0 amide bonds. The second-order valence-corrected chi connectivity index (χ2v) is 3.36. The second kappa shape index (κ2) is 9.96. The molecule has 0 radical (unpaired) electrons. The molecule has 0 spiro atoms. The van der Waals surface area contributed by atoms with Crippen molar-refractivity contribution in [2.45, 2.75) is 59.3 Å². The second-order valence-electron chi connectivity index (χ2n) is 3.36. The van der Waals surface area contributed by atoms with Crippen molar-refractivity contribution in [3.63, 3.8) is 0 Å². The highest BCUT2D eigenvalue weighted by Crippen LogP contribution is 2.12. The van der Waals surface area contributed by atoms with Crippen molar-refractivity contribution in [1.82, 2.24) is 6.15 Å². The van der Waals surface area contributed by atoms with Crippen molar-refractivity contribution >= 4 is 0 Å². The first kappa shape index (κ1) is 13.5. The Morgan fingerprint density at radius 1 is 1.00 bits per heavy atom. The number of hydrogen-bond donors (Lipinski definition) is 1. The highest BCUT2D eigenvalue weighted by molar-refractivity contribution is 4.50. The number of hydrogen-bond acceptors (Lipinski definition) is 1. The minimum atomic E-state index is 0. The van der Waals surface area contributed by atoms with E-state index in [1.165, 1.54) is 38.5 Å². The van der Waals surface area contributed by atoms with Gasteiger partial charge in [0.05, 0.1) is 0 Å². The Morgan fingerprint density at radius 3 is 2.09 bits per heavy atom. The Balaban J connectivity index is 0. The van der Waals surface area contributed by atoms with Crippen LogP contribution in [0.2, 0.25) is 0 Å². The summed E-state index contributed by atoms with van der Waals surface area (Å²) in [6.07, 6.45) is 8.48. The average molecular weight is 159 g/mol. The molecule has 0 heterocycles. The molecule has 0 bridgehead atoms. The lowest BCUT2D eigenvalue weighted by molar-refractivity contribution is 0.477. The van der Waals surface area contributed by atoms with E-state index in [-0.39, 0.29) is 6.15 Å². The molecular weight excluding hydrogens is 134 g/mol. The smallest absolute Gasteiger partial charge is 0.0445 e. The van der Waals surface area contributed by atoms with Crippen molar-refractivity contribution < 1.29 is 0 Å². The quantitative estimate of drug-likeness (QED) is 0.580. The van der Waals surface area contributed by atoms with Crippen molar-refractivity contribution in [2.24, 2.45) is 5.92 Å². The van der Waals surface area contributed by atoms with E-state index in [4.69, 9.17) is 0 Å². The van der Waals surface area contributed by atoms with E-state index in [0.717, 1.165) is 5.92 Å². The first-order chi connectivity index (χ1) is 4.81. The minimum Gasteiger partial charge on any atom is -0.344 e. The molecule has 0 rings (SSSR count). The maximum atomic E-state index is 2.35. The van der Waals surface area contributed by atoms with Crippen LogP contribution in [-0.2, 0) is 0 Å². The summed E-state index contributed by atoms with van der Waals surface area (Å²) in [6.45, 7) is 6.90. The molecule has 0 fully saturated rings. The van der Waals surface area contributed by atoms with Crippen LogP contribution in [0, 0.1) is 5.92 Å². The molecule has 1 heteroatoms. The largest absolute Gasteiger partial charge is 0.344 e. The van der Waals surface area contributed by atoms with Gasteiger partial charge in [-0.2, -0.15) is 0 Å². The monoisotopic (exact) mass is 159 g/mol. The molecule has 3 N–H and O–H groups in total. The summed E-state index contributed by atoms with van der Waals surface area (Å²) in [5.41, 5.74) is 0. The van der Waals surface area contributed by atoms with Crippen LogP contribution in [0.15, 0.2) is 0 Å². The van der Waals surface area contributed by atoms with E-state index < -0.39 is 0 Å². The van der Waals surface area contributed by atoms with Crippen LogP contribution in [0.5, 0.6) is 0 Å². The summed E-state index contributed by atoms with van der Waals surface area (Å²) in [4.78, 5) is 0. The van der Waals surface area contributed by atoms with E-state index in [1.807, 2.05) is 0 Å². The summed E-state index contributed by atoms with van der Waals surface area (Å²) >= 11 is 0. The fourth-order valence-electron chi connectivity index (χ4n) is 1.12. The molecule has 0 aliphatic heterocycles. The van der Waals surface area contributed by atoms with Gasteiger partial charge in [-0.25, -0.2) is 0 Å². The highest BCUT2D eigenvalue weighted by Gasteiger charge is 1.96. The summed E-state index contributed by atoms with van der Waals surface area (Å²) < 4.78 is 0. The third kappa shape index (κ3) is 9.96. The van der Waals surface area contributed by atoms with E-state index in [2.05, 4.69) is 20.8 Å². The summed E-state index contributed by atoms with van der Waals surface area (Å²) in [5, 5.41) is 0. The van der Waals surface area contributed by atoms with Crippen molar-refractivity contribution in [3.05, 3.63) is 0 Å². The van der Waals surface area contributed by atoms with Gasteiger partial charge in [-0.15, -0.1) is 0 Å². The molecule has 1 nitrogen and oxygen atoms in total. The number of unbranched alkanes of at least 4 members (excludes halogenated alkanes) is 3. The summed E-state index contributed by atoms with van der Waals surface area (Å²) in [7, 11) is 0. The minimum absolute atomic E-state index is 0. The maximum Gasteiger partial charge on any atom is -0.0445 e. The first-order valence-electron chi connectivity index (χ1n) is 4.81. The fourth-order valence-corrected chi connectivity index (χ4v) is 1.12. The van der Waals surface area contributed by atoms with E-state index >= 15 is 0 Å². The van der Waals surface area contributed by atoms with Gasteiger partial charge in [0.25, 0.3) is 0 Å². The molecule has 11 heavy (non-hydrogen) atoms. The third-order valence-electron chi connectivity index (χ3n) is 2.25. The SMILES string of the molecule is CCCCCCC(C)CC.N. The van der Waals surface area contributed by atoms with E-state index in [0.29, 0.717) is 0 Å². The standard InChI is InChI=1S/C10H22.H3N/c1-4-6-7-8-9-10(3)5-2;/h10H,4-9H2,1-3H3;1H3. The molecule has 1 unspecified atom stereocenters. The fraction of sp³-hybridized carbons (Fsp3) is 1.00. The molecule has 0 aliphatic carbocycles. The lowest BCUT2D eigenvalue weighted by atomic mass is 10.0. The van der Waals surface area contributed by atoms with Crippen molar-refractivity contribution in [3.8, 4) is 0 Å². The molecule has 1 atom stereocenters. The normalized spacial score (nSPS) is 12.3. The molecule has 70 valence electrons. The van der Waals surface area contributed by atoms with Gasteiger partial charge < -0.3 is 6.15 Å². The van der Waals surface area contributed by atoms with Crippen LogP contribution in [0.4, 0.5) is 0 Å². The van der Waals surface area contributed by atoms with Gasteiger partial charge in [0.15, 0.2) is 0 Å². The average Bonchev–Trinajstić information content (AvgIpc) is 1.98. The molecule has 0 aromatic carbocycles. The summed E-state index contributed by atoms with van der Waals surface area (Å²) in [5.74, 6) is 0.955. The zero-order chi connectivity index (χ0) is 7.82. The highest BCUT2D eigenvalue weighted by atomic mass is 14.0. The van der Waals surface area contributed by atoms with Crippen LogP contribution < -0.4 is 6.15 Å². The van der Waals surface area contributed by atoms with Gasteiger partial charge >= 0.3 is 0 Å². The predicted molar refractivity (Wildman–Crippen MR) is 53.2 cm³/mol. The van der Waals surface area contributed by atoms with Crippen LogP contribution in [-0.4, -0.2) is 0 Å². The number of rotatable bonds is 6. The van der Waals surface area contributed by atoms with Crippen molar-refractivity contribution in [1.29, 1.82) is 0 Å². The lowest BCUT2D eigenvalue weighted by Crippen LogP contribution is -1.91. The molecule has 0 aromatic heterocycles. The van der Waals surface area contributed by atoms with Crippen LogP contribution >= 0.6 is 0 Å². The predicted octanol–water partition coefficient (Wildman–Crippen LogP) is 4.16.